The van der Waals surface area contributed by atoms with Crippen molar-refractivity contribution in [2.75, 3.05) is 18.9 Å². The number of anilines is 1. The molecule has 0 bridgehead atoms. The van der Waals surface area contributed by atoms with E-state index in [0.717, 1.165) is 24.3 Å². The second-order valence-corrected chi connectivity index (χ2v) is 5.82. The molecule has 0 radical (unpaired) electrons. The molecule has 0 aromatic heterocycles. The molecule has 0 atom stereocenters. The summed E-state index contributed by atoms with van der Waals surface area (Å²) in [5.41, 5.74) is 8.71. The van der Waals surface area contributed by atoms with E-state index >= 15 is 0 Å². The number of nitrogens with two attached hydrogens (primary N) is 1. The van der Waals surface area contributed by atoms with Gasteiger partial charge in [-0.1, -0.05) is 17.7 Å². The van der Waals surface area contributed by atoms with Crippen LogP contribution in [-0.2, 0) is 0 Å². The Bertz CT molecular complexity index is 608. The van der Waals surface area contributed by atoms with Crippen LogP contribution < -0.4 is 15.2 Å². The summed E-state index contributed by atoms with van der Waals surface area (Å²) in [6.07, 6.45) is 1.86. The number of unbranched alkanes of at least 4 members (excludes halogenated alkanes) is 1. The monoisotopic (exact) mass is 319 g/mol. The van der Waals surface area contributed by atoms with E-state index in [1.807, 2.05) is 6.07 Å². The molecule has 0 saturated carbocycles. The zero-order valence-corrected chi connectivity index (χ0v) is 13.8. The molecule has 0 unspecified atom stereocenters. The third-order valence-corrected chi connectivity index (χ3v) is 3.58. The lowest BCUT2D eigenvalue weighted by atomic mass is 10.1. The first-order chi connectivity index (χ1) is 10.5. The molecular formula is C18H22ClNO2. The van der Waals surface area contributed by atoms with Crippen molar-refractivity contribution >= 4 is 17.3 Å². The number of ether oxygens (including phenoxy) is 2. The second-order valence-electron chi connectivity index (χ2n) is 5.41. The van der Waals surface area contributed by atoms with Crippen molar-refractivity contribution < 1.29 is 9.47 Å². The van der Waals surface area contributed by atoms with Crippen LogP contribution in [0.15, 0.2) is 36.4 Å². The Morgan fingerprint density at radius 3 is 2.05 bits per heavy atom. The number of halogens is 1. The van der Waals surface area contributed by atoms with Gasteiger partial charge in [-0.25, -0.2) is 0 Å². The van der Waals surface area contributed by atoms with Gasteiger partial charge < -0.3 is 15.2 Å². The third-order valence-electron chi connectivity index (χ3n) is 3.24. The first-order valence-electron chi connectivity index (χ1n) is 7.43. The van der Waals surface area contributed by atoms with E-state index in [0.29, 0.717) is 23.9 Å². The average Bonchev–Trinajstić information content (AvgIpc) is 2.45. The van der Waals surface area contributed by atoms with Crippen LogP contribution in [0, 0.1) is 13.8 Å². The summed E-state index contributed by atoms with van der Waals surface area (Å²) in [7, 11) is 0. The lowest BCUT2D eigenvalue weighted by Crippen LogP contribution is -2.03. The summed E-state index contributed by atoms with van der Waals surface area (Å²) in [5.74, 6) is 1.68. The Labute approximate surface area is 137 Å². The van der Waals surface area contributed by atoms with Crippen LogP contribution >= 0.6 is 11.6 Å². The van der Waals surface area contributed by atoms with Gasteiger partial charge in [0.15, 0.2) is 0 Å². The van der Waals surface area contributed by atoms with Crippen LogP contribution in [0.25, 0.3) is 0 Å². The standard InChI is InChI=1S/C18H22ClNO2/c1-13-9-14(2)11-16(10-13)22-8-4-3-7-21-15-5-6-17(19)18(20)12-15/h5-6,9-12H,3-4,7-8,20H2,1-2H3. The number of hydrogen-bond donors (Lipinski definition) is 1. The van der Waals surface area contributed by atoms with E-state index in [1.54, 1.807) is 12.1 Å². The molecule has 0 aliphatic heterocycles. The van der Waals surface area contributed by atoms with E-state index in [1.165, 1.54) is 11.1 Å². The zero-order chi connectivity index (χ0) is 15.9. The van der Waals surface area contributed by atoms with E-state index in [4.69, 9.17) is 26.8 Å². The molecule has 0 amide bonds. The fourth-order valence-corrected chi connectivity index (χ4v) is 2.33. The maximum atomic E-state index is 5.87. The van der Waals surface area contributed by atoms with E-state index < -0.39 is 0 Å². The fraction of sp³-hybridized carbons (Fsp3) is 0.333. The molecule has 2 rings (SSSR count). The highest BCUT2D eigenvalue weighted by molar-refractivity contribution is 6.33. The second kappa shape index (κ2) is 7.95. The SMILES string of the molecule is Cc1cc(C)cc(OCCCCOc2ccc(Cl)c(N)c2)c1. The van der Waals surface area contributed by atoms with Gasteiger partial charge in [0.05, 0.1) is 23.9 Å². The zero-order valence-electron chi connectivity index (χ0n) is 13.1. The van der Waals surface area contributed by atoms with Crippen LogP contribution in [0.5, 0.6) is 11.5 Å². The summed E-state index contributed by atoms with van der Waals surface area (Å²) in [6.45, 7) is 5.48. The quantitative estimate of drug-likeness (QED) is 0.590. The Morgan fingerprint density at radius 1 is 0.864 bits per heavy atom. The minimum absolute atomic E-state index is 0.539. The van der Waals surface area contributed by atoms with Crippen molar-refractivity contribution in [2.45, 2.75) is 26.7 Å². The van der Waals surface area contributed by atoms with Gasteiger partial charge in [0.1, 0.15) is 11.5 Å². The molecule has 4 heteroatoms. The Hall–Kier alpha value is -1.87. The van der Waals surface area contributed by atoms with Crippen LogP contribution in [0.4, 0.5) is 5.69 Å². The van der Waals surface area contributed by atoms with Crippen LogP contribution in [0.3, 0.4) is 0 Å². The van der Waals surface area contributed by atoms with Gasteiger partial charge in [-0.05, 0) is 62.1 Å². The molecule has 22 heavy (non-hydrogen) atoms. The first-order valence-corrected chi connectivity index (χ1v) is 7.81. The molecule has 0 spiro atoms. The molecule has 0 aliphatic rings. The van der Waals surface area contributed by atoms with Gasteiger partial charge in [-0.15, -0.1) is 0 Å². The maximum Gasteiger partial charge on any atom is 0.121 e. The minimum Gasteiger partial charge on any atom is -0.494 e. The van der Waals surface area contributed by atoms with Gasteiger partial charge in [0.2, 0.25) is 0 Å². The summed E-state index contributed by atoms with van der Waals surface area (Å²) in [5, 5.41) is 0.550. The topological polar surface area (TPSA) is 44.5 Å². The van der Waals surface area contributed by atoms with Crippen LogP contribution in [0.2, 0.25) is 5.02 Å². The average molecular weight is 320 g/mol. The predicted octanol–water partition coefficient (Wildman–Crippen LogP) is 4.78. The van der Waals surface area contributed by atoms with Gasteiger partial charge in [-0.2, -0.15) is 0 Å². The molecule has 0 heterocycles. The Morgan fingerprint density at radius 2 is 1.45 bits per heavy atom. The Balaban J connectivity index is 1.66. The van der Waals surface area contributed by atoms with Crippen LogP contribution in [-0.4, -0.2) is 13.2 Å². The lowest BCUT2D eigenvalue weighted by Gasteiger charge is -2.09. The number of nitrogen functional groups attached to an aromatic ring is 1. The van der Waals surface area contributed by atoms with Gasteiger partial charge in [0.25, 0.3) is 0 Å². The van der Waals surface area contributed by atoms with Crippen molar-refractivity contribution in [2.24, 2.45) is 0 Å². The molecule has 3 nitrogen and oxygen atoms in total. The van der Waals surface area contributed by atoms with E-state index in [-0.39, 0.29) is 0 Å². The number of aryl methyl sites for hydroxylation is 2. The largest absolute Gasteiger partial charge is 0.494 e. The highest BCUT2D eigenvalue weighted by Crippen LogP contribution is 2.24. The molecule has 2 N–H and O–H groups in total. The molecule has 2 aromatic rings. The minimum atomic E-state index is 0.539. The van der Waals surface area contributed by atoms with Crippen molar-refractivity contribution in [3.05, 3.63) is 52.5 Å². The lowest BCUT2D eigenvalue weighted by molar-refractivity contribution is 0.266. The van der Waals surface area contributed by atoms with E-state index in [2.05, 4.69) is 32.0 Å². The van der Waals surface area contributed by atoms with Crippen molar-refractivity contribution in [1.29, 1.82) is 0 Å². The van der Waals surface area contributed by atoms with Crippen molar-refractivity contribution in [3.63, 3.8) is 0 Å². The normalized spacial score (nSPS) is 10.5. The van der Waals surface area contributed by atoms with E-state index in [9.17, 15) is 0 Å². The maximum absolute atomic E-state index is 5.87. The molecule has 0 fully saturated rings. The number of benzene rings is 2. The molecular weight excluding hydrogens is 298 g/mol. The summed E-state index contributed by atoms with van der Waals surface area (Å²) >= 11 is 5.87. The van der Waals surface area contributed by atoms with Gasteiger partial charge in [0, 0.05) is 6.07 Å². The third kappa shape index (κ3) is 5.15. The van der Waals surface area contributed by atoms with Crippen molar-refractivity contribution in [3.8, 4) is 11.5 Å². The molecule has 2 aromatic carbocycles. The summed E-state index contributed by atoms with van der Waals surface area (Å²) in [4.78, 5) is 0. The highest BCUT2D eigenvalue weighted by atomic mass is 35.5. The van der Waals surface area contributed by atoms with Crippen LogP contribution in [0.1, 0.15) is 24.0 Å². The van der Waals surface area contributed by atoms with Gasteiger partial charge in [-0.3, -0.25) is 0 Å². The predicted molar refractivity (Wildman–Crippen MR) is 92.0 cm³/mol. The number of hydrogen-bond acceptors (Lipinski definition) is 3. The fourth-order valence-electron chi connectivity index (χ4n) is 2.21. The molecule has 0 saturated heterocycles. The molecule has 0 aliphatic carbocycles. The Kier molecular flexibility index (Phi) is 5.96. The summed E-state index contributed by atoms with van der Waals surface area (Å²) in [6, 6.07) is 11.6. The smallest absolute Gasteiger partial charge is 0.121 e. The highest BCUT2D eigenvalue weighted by Gasteiger charge is 2.00. The van der Waals surface area contributed by atoms with Crippen molar-refractivity contribution in [1.82, 2.24) is 0 Å². The van der Waals surface area contributed by atoms with Gasteiger partial charge >= 0.3 is 0 Å². The number of rotatable bonds is 7. The summed E-state index contributed by atoms with van der Waals surface area (Å²) < 4.78 is 11.4. The molecule has 118 valence electrons. The first kappa shape index (κ1) is 16.5.